The van der Waals surface area contributed by atoms with E-state index < -0.39 is 0 Å². The molecule has 0 unspecified atom stereocenters. The van der Waals surface area contributed by atoms with Crippen molar-refractivity contribution < 1.29 is 9.13 Å². The molecule has 0 saturated carbocycles. The van der Waals surface area contributed by atoms with Crippen molar-refractivity contribution in [2.75, 3.05) is 12.4 Å². The molecule has 108 valence electrons. The number of halogens is 2. The quantitative estimate of drug-likeness (QED) is 0.726. The maximum absolute atomic E-state index is 13.4. The van der Waals surface area contributed by atoms with Crippen LogP contribution in [0, 0.1) is 12.7 Å². The highest BCUT2D eigenvalue weighted by molar-refractivity contribution is 9.10. The molecule has 0 radical (unpaired) electrons. The van der Waals surface area contributed by atoms with Gasteiger partial charge in [0, 0.05) is 22.5 Å². The summed E-state index contributed by atoms with van der Waals surface area (Å²) in [6.45, 7) is 1.99. The number of nitrogens with zero attached hydrogens (tertiary/aromatic N) is 2. The summed E-state index contributed by atoms with van der Waals surface area (Å²) in [4.78, 5) is 10.6. The van der Waals surface area contributed by atoms with Crippen molar-refractivity contribution in [1.82, 2.24) is 9.97 Å². The van der Waals surface area contributed by atoms with Crippen LogP contribution in [0.25, 0.3) is 10.2 Å². The van der Waals surface area contributed by atoms with E-state index in [4.69, 9.17) is 4.74 Å². The zero-order valence-electron chi connectivity index (χ0n) is 11.3. The minimum absolute atomic E-state index is 0.375. The van der Waals surface area contributed by atoms with Gasteiger partial charge in [-0.25, -0.2) is 9.37 Å². The Morgan fingerprint density at radius 1 is 1.24 bits per heavy atom. The van der Waals surface area contributed by atoms with E-state index in [-0.39, 0.29) is 5.82 Å². The molecule has 0 saturated heterocycles. The van der Waals surface area contributed by atoms with E-state index in [9.17, 15) is 4.39 Å². The number of benzene rings is 1. The second-order valence-electron chi connectivity index (χ2n) is 4.39. The van der Waals surface area contributed by atoms with Crippen LogP contribution in [0.1, 0.15) is 4.88 Å². The number of hydrogen-bond donors (Lipinski definition) is 1. The van der Waals surface area contributed by atoms with Crippen LogP contribution >= 0.6 is 27.3 Å². The molecule has 0 atom stereocenters. The van der Waals surface area contributed by atoms with E-state index in [1.54, 1.807) is 24.5 Å². The predicted molar refractivity (Wildman–Crippen MR) is 85.9 cm³/mol. The van der Waals surface area contributed by atoms with E-state index >= 15 is 0 Å². The normalized spacial score (nSPS) is 10.9. The molecule has 3 aromatic rings. The van der Waals surface area contributed by atoms with Crippen molar-refractivity contribution in [2.24, 2.45) is 0 Å². The highest BCUT2D eigenvalue weighted by Gasteiger charge is 2.13. The van der Waals surface area contributed by atoms with Gasteiger partial charge in [0.25, 0.3) is 0 Å². The minimum Gasteiger partial charge on any atom is -0.438 e. The highest BCUT2D eigenvalue weighted by atomic mass is 79.9. The van der Waals surface area contributed by atoms with Crippen molar-refractivity contribution in [2.45, 2.75) is 6.92 Å². The topological polar surface area (TPSA) is 47.0 Å². The van der Waals surface area contributed by atoms with Crippen LogP contribution in [-0.4, -0.2) is 17.0 Å². The zero-order valence-corrected chi connectivity index (χ0v) is 13.7. The summed E-state index contributed by atoms with van der Waals surface area (Å²) in [6.07, 6.45) is 0. The van der Waals surface area contributed by atoms with Crippen molar-refractivity contribution in [1.29, 1.82) is 0 Å². The van der Waals surface area contributed by atoms with Gasteiger partial charge in [0.1, 0.15) is 16.4 Å². The second-order valence-corrected chi connectivity index (χ2v) is 6.54. The summed E-state index contributed by atoms with van der Waals surface area (Å²) in [5, 5.41) is 3.71. The largest absolute Gasteiger partial charge is 0.438 e. The Hall–Kier alpha value is -1.73. The Bertz CT molecular complexity index is 801. The molecule has 0 aliphatic heterocycles. The van der Waals surface area contributed by atoms with E-state index in [1.807, 2.05) is 13.0 Å². The fraction of sp³-hybridized carbons (Fsp3) is 0.143. The molecule has 4 nitrogen and oxygen atoms in total. The lowest BCUT2D eigenvalue weighted by Crippen LogP contribution is -1.98. The summed E-state index contributed by atoms with van der Waals surface area (Å²) >= 11 is 4.80. The van der Waals surface area contributed by atoms with Crippen LogP contribution in [0.15, 0.2) is 28.7 Å². The van der Waals surface area contributed by atoms with Crippen molar-refractivity contribution in [3.63, 3.8) is 0 Å². The molecule has 0 spiro atoms. The van der Waals surface area contributed by atoms with Crippen molar-refractivity contribution >= 4 is 43.4 Å². The smallest absolute Gasteiger partial charge is 0.232 e. The number of rotatable bonds is 3. The highest BCUT2D eigenvalue weighted by Crippen LogP contribution is 2.34. The molecular formula is C14H11BrFN3OS. The third-order valence-electron chi connectivity index (χ3n) is 2.76. The van der Waals surface area contributed by atoms with Gasteiger partial charge in [0.2, 0.25) is 11.8 Å². The average Bonchev–Trinajstić information content (AvgIpc) is 2.78. The van der Waals surface area contributed by atoms with Gasteiger partial charge in [-0.05, 0) is 25.1 Å². The molecule has 0 aliphatic carbocycles. The molecule has 21 heavy (non-hydrogen) atoms. The van der Waals surface area contributed by atoms with E-state index in [0.29, 0.717) is 22.1 Å². The van der Waals surface area contributed by atoms with Gasteiger partial charge in [-0.2, -0.15) is 4.98 Å². The molecule has 0 amide bonds. The summed E-state index contributed by atoms with van der Waals surface area (Å²) in [5.74, 6) is 0.883. The number of aromatic nitrogens is 2. The molecule has 1 N–H and O–H groups in total. The monoisotopic (exact) mass is 367 g/mol. The number of fused-ring (bicyclic) bond motifs is 1. The number of aryl methyl sites for hydroxylation is 1. The lowest BCUT2D eigenvalue weighted by Gasteiger charge is -2.08. The summed E-state index contributed by atoms with van der Waals surface area (Å²) < 4.78 is 19.8. The SMILES string of the molecule is CNc1nc(Oc2cc(F)cc(Br)c2)c2cc(C)sc2n1. The van der Waals surface area contributed by atoms with Crippen LogP contribution in [-0.2, 0) is 0 Å². The van der Waals surface area contributed by atoms with Crippen LogP contribution in [0.4, 0.5) is 10.3 Å². The molecule has 1 aromatic carbocycles. The van der Waals surface area contributed by atoms with Gasteiger partial charge in [0.15, 0.2) is 0 Å². The van der Waals surface area contributed by atoms with Gasteiger partial charge in [0.05, 0.1) is 5.39 Å². The van der Waals surface area contributed by atoms with Gasteiger partial charge < -0.3 is 10.1 Å². The van der Waals surface area contributed by atoms with Gasteiger partial charge >= 0.3 is 0 Å². The molecule has 2 heterocycles. The van der Waals surface area contributed by atoms with Gasteiger partial charge in [-0.15, -0.1) is 11.3 Å². The van der Waals surface area contributed by atoms with Gasteiger partial charge in [-0.1, -0.05) is 15.9 Å². The Morgan fingerprint density at radius 2 is 2.05 bits per heavy atom. The molecule has 7 heteroatoms. The third kappa shape index (κ3) is 2.98. The Kier molecular flexibility index (Phi) is 3.77. The van der Waals surface area contributed by atoms with Gasteiger partial charge in [-0.3, -0.25) is 0 Å². The number of hydrogen-bond acceptors (Lipinski definition) is 5. The fourth-order valence-corrected chi connectivity index (χ4v) is 3.22. The molecule has 0 aliphatic rings. The molecule has 3 rings (SSSR count). The maximum Gasteiger partial charge on any atom is 0.232 e. The standard InChI is InChI=1S/C14H11BrFN3OS/c1-7-3-11-12(18-14(17-2)19-13(11)21-7)20-10-5-8(15)4-9(16)6-10/h3-6H,1-2H3,(H,17,18,19). The summed E-state index contributed by atoms with van der Waals surface area (Å²) in [6, 6.07) is 6.34. The van der Waals surface area contributed by atoms with Crippen molar-refractivity contribution in [3.8, 4) is 11.6 Å². The first-order chi connectivity index (χ1) is 10.0. The Morgan fingerprint density at radius 3 is 2.76 bits per heavy atom. The maximum atomic E-state index is 13.4. The number of anilines is 1. The second kappa shape index (κ2) is 5.57. The number of nitrogens with one attached hydrogen (secondary N) is 1. The lowest BCUT2D eigenvalue weighted by atomic mass is 10.3. The molecule has 0 fully saturated rings. The van der Waals surface area contributed by atoms with Crippen LogP contribution in [0.3, 0.4) is 0 Å². The average molecular weight is 368 g/mol. The minimum atomic E-state index is -0.375. The molecular weight excluding hydrogens is 357 g/mol. The first kappa shape index (κ1) is 14.2. The fourth-order valence-electron chi connectivity index (χ4n) is 1.90. The van der Waals surface area contributed by atoms with E-state index in [2.05, 4.69) is 31.2 Å². The summed E-state index contributed by atoms with van der Waals surface area (Å²) in [5.41, 5.74) is 0. The van der Waals surface area contributed by atoms with E-state index in [1.165, 1.54) is 12.1 Å². The first-order valence-electron chi connectivity index (χ1n) is 6.15. The Balaban J connectivity index is 2.10. The predicted octanol–water partition coefficient (Wildman–Crippen LogP) is 4.74. The van der Waals surface area contributed by atoms with Crippen LogP contribution in [0.5, 0.6) is 11.6 Å². The number of thiophene rings is 1. The van der Waals surface area contributed by atoms with Crippen LogP contribution < -0.4 is 10.1 Å². The third-order valence-corrected chi connectivity index (χ3v) is 4.16. The lowest BCUT2D eigenvalue weighted by molar-refractivity contribution is 0.463. The molecule has 0 bridgehead atoms. The van der Waals surface area contributed by atoms with Crippen molar-refractivity contribution in [3.05, 3.63) is 39.4 Å². The van der Waals surface area contributed by atoms with Crippen LogP contribution in [0.2, 0.25) is 0 Å². The Labute approximate surface area is 133 Å². The van der Waals surface area contributed by atoms with E-state index in [0.717, 1.165) is 15.1 Å². The zero-order chi connectivity index (χ0) is 15.0. The first-order valence-corrected chi connectivity index (χ1v) is 7.76. The molecule has 2 aromatic heterocycles. The summed E-state index contributed by atoms with van der Waals surface area (Å²) in [7, 11) is 1.74. The number of ether oxygens (including phenoxy) is 1.